The molecule has 0 aromatic carbocycles. The Kier molecular flexibility index (Phi) is 3.32. The lowest BCUT2D eigenvalue weighted by Crippen LogP contribution is -2.50. The molecule has 0 aromatic rings. The topological polar surface area (TPSA) is 6.48 Å². The number of likely N-dealkylation sites (N-methyl/N-ethyl adjacent to an activating group) is 1. The molecule has 1 rings (SSSR count). The van der Waals surface area contributed by atoms with Crippen molar-refractivity contribution in [1.29, 1.82) is 0 Å². The predicted molar refractivity (Wildman–Crippen MR) is 57.3 cm³/mol. The molecular formula is C9H22N2Si. The van der Waals surface area contributed by atoms with E-state index < -0.39 is 8.07 Å². The molecule has 0 atom stereocenters. The van der Waals surface area contributed by atoms with E-state index in [2.05, 4.69) is 36.5 Å². The maximum atomic E-state index is 2.63. The van der Waals surface area contributed by atoms with Gasteiger partial charge in [0.15, 0.2) is 0 Å². The van der Waals surface area contributed by atoms with Crippen LogP contribution in [0.2, 0.25) is 19.6 Å². The van der Waals surface area contributed by atoms with Crippen molar-refractivity contribution in [3.8, 4) is 0 Å². The van der Waals surface area contributed by atoms with E-state index >= 15 is 0 Å². The van der Waals surface area contributed by atoms with E-state index in [0.717, 1.165) is 0 Å². The Labute approximate surface area is 77.6 Å². The first-order valence-electron chi connectivity index (χ1n) is 4.88. The zero-order valence-electron chi connectivity index (χ0n) is 8.93. The quantitative estimate of drug-likeness (QED) is 0.596. The standard InChI is InChI=1S/C9H22N2Si/c1-10-5-7-11(8-6-10)9-12(2,3)4/h5-9H2,1-4H3. The normalized spacial score (nSPS) is 23.0. The Balaban J connectivity index is 2.26. The zero-order valence-corrected chi connectivity index (χ0v) is 9.93. The molecule has 0 bridgehead atoms. The molecule has 0 spiro atoms. The van der Waals surface area contributed by atoms with Crippen LogP contribution in [-0.4, -0.2) is 57.3 Å². The van der Waals surface area contributed by atoms with Gasteiger partial charge in [-0.15, -0.1) is 0 Å². The summed E-state index contributed by atoms with van der Waals surface area (Å²) in [6.45, 7) is 12.4. The van der Waals surface area contributed by atoms with Crippen molar-refractivity contribution in [3.05, 3.63) is 0 Å². The molecule has 0 N–H and O–H groups in total. The number of nitrogens with zero attached hydrogens (tertiary/aromatic N) is 2. The van der Waals surface area contributed by atoms with Crippen LogP contribution in [0.15, 0.2) is 0 Å². The minimum absolute atomic E-state index is 0.859. The first kappa shape index (κ1) is 10.2. The second-order valence-electron chi connectivity index (χ2n) is 5.14. The summed E-state index contributed by atoms with van der Waals surface area (Å²) < 4.78 is 0. The van der Waals surface area contributed by atoms with Crippen molar-refractivity contribution in [2.24, 2.45) is 0 Å². The summed E-state index contributed by atoms with van der Waals surface area (Å²) in [4.78, 5) is 5.05. The molecule has 1 aliphatic heterocycles. The predicted octanol–water partition coefficient (Wildman–Crippen LogP) is 1.11. The molecule has 1 heterocycles. The Morgan fingerprint density at radius 2 is 1.50 bits per heavy atom. The van der Waals surface area contributed by atoms with Crippen LogP contribution < -0.4 is 0 Å². The Bertz CT molecular complexity index is 134. The number of hydrogen-bond acceptors (Lipinski definition) is 2. The first-order chi connectivity index (χ1) is 5.47. The van der Waals surface area contributed by atoms with Gasteiger partial charge in [-0.25, -0.2) is 0 Å². The van der Waals surface area contributed by atoms with Crippen molar-refractivity contribution in [1.82, 2.24) is 9.80 Å². The molecule has 0 aliphatic carbocycles. The second-order valence-corrected chi connectivity index (χ2v) is 10.6. The molecule has 0 aromatic heterocycles. The smallest absolute Gasteiger partial charge is 0.0599 e. The van der Waals surface area contributed by atoms with Crippen LogP contribution >= 0.6 is 0 Å². The van der Waals surface area contributed by atoms with Crippen molar-refractivity contribution >= 4 is 8.07 Å². The number of piperazine rings is 1. The van der Waals surface area contributed by atoms with Crippen LogP contribution in [-0.2, 0) is 0 Å². The summed E-state index contributed by atoms with van der Waals surface area (Å²) in [7, 11) is 1.35. The minimum Gasteiger partial charge on any atom is -0.304 e. The largest absolute Gasteiger partial charge is 0.304 e. The molecule has 1 saturated heterocycles. The van der Waals surface area contributed by atoms with Gasteiger partial charge in [0.1, 0.15) is 0 Å². The molecule has 0 saturated carbocycles. The summed E-state index contributed by atoms with van der Waals surface area (Å²) in [5.41, 5.74) is 0. The van der Waals surface area contributed by atoms with Gasteiger partial charge in [-0.1, -0.05) is 19.6 Å². The maximum Gasteiger partial charge on any atom is 0.0599 e. The van der Waals surface area contributed by atoms with E-state index in [1.165, 1.54) is 32.3 Å². The van der Waals surface area contributed by atoms with Gasteiger partial charge in [-0.2, -0.15) is 0 Å². The summed E-state index contributed by atoms with van der Waals surface area (Å²) in [6.07, 6.45) is 1.38. The molecule has 72 valence electrons. The molecule has 2 nitrogen and oxygen atoms in total. The van der Waals surface area contributed by atoms with Gasteiger partial charge in [0, 0.05) is 26.2 Å². The van der Waals surface area contributed by atoms with Crippen LogP contribution in [0.25, 0.3) is 0 Å². The van der Waals surface area contributed by atoms with Gasteiger partial charge in [-0.05, 0) is 13.2 Å². The Morgan fingerprint density at radius 3 is 1.92 bits per heavy atom. The van der Waals surface area contributed by atoms with E-state index in [4.69, 9.17) is 0 Å². The van der Waals surface area contributed by atoms with Crippen molar-refractivity contribution in [2.45, 2.75) is 19.6 Å². The maximum absolute atomic E-state index is 2.63. The van der Waals surface area contributed by atoms with Gasteiger partial charge in [0.25, 0.3) is 0 Å². The highest BCUT2D eigenvalue weighted by molar-refractivity contribution is 6.76. The van der Waals surface area contributed by atoms with Crippen LogP contribution in [0.1, 0.15) is 0 Å². The summed E-state index contributed by atoms with van der Waals surface area (Å²) in [6, 6.07) is 0. The lowest BCUT2D eigenvalue weighted by molar-refractivity contribution is 0.171. The lowest BCUT2D eigenvalue weighted by atomic mass is 10.4. The summed E-state index contributed by atoms with van der Waals surface area (Å²) in [5, 5.41) is 0. The van der Waals surface area contributed by atoms with Crippen LogP contribution in [0.5, 0.6) is 0 Å². The molecule has 0 unspecified atom stereocenters. The van der Waals surface area contributed by atoms with Crippen molar-refractivity contribution in [3.63, 3.8) is 0 Å². The third-order valence-corrected chi connectivity index (χ3v) is 3.69. The molecule has 3 heteroatoms. The van der Waals surface area contributed by atoms with Gasteiger partial charge >= 0.3 is 0 Å². The van der Waals surface area contributed by atoms with E-state index in [-0.39, 0.29) is 0 Å². The first-order valence-corrected chi connectivity index (χ1v) is 8.59. The Hall–Kier alpha value is 0.137. The van der Waals surface area contributed by atoms with E-state index in [0.29, 0.717) is 0 Å². The highest BCUT2D eigenvalue weighted by Crippen LogP contribution is 2.06. The highest BCUT2D eigenvalue weighted by Gasteiger charge is 2.20. The summed E-state index contributed by atoms with van der Waals surface area (Å²) in [5.74, 6) is 0. The molecule has 0 radical (unpaired) electrons. The number of hydrogen-bond donors (Lipinski definition) is 0. The summed E-state index contributed by atoms with van der Waals surface area (Å²) >= 11 is 0. The van der Waals surface area contributed by atoms with Gasteiger partial charge in [-0.3, -0.25) is 0 Å². The van der Waals surface area contributed by atoms with E-state index in [9.17, 15) is 0 Å². The second kappa shape index (κ2) is 3.90. The average molecular weight is 186 g/mol. The Morgan fingerprint density at radius 1 is 1.00 bits per heavy atom. The third kappa shape index (κ3) is 3.69. The molecule has 0 amide bonds. The van der Waals surface area contributed by atoms with Gasteiger partial charge in [0.05, 0.1) is 8.07 Å². The van der Waals surface area contributed by atoms with E-state index in [1.807, 2.05) is 0 Å². The molecule has 1 fully saturated rings. The van der Waals surface area contributed by atoms with E-state index in [1.54, 1.807) is 0 Å². The van der Waals surface area contributed by atoms with Crippen LogP contribution in [0, 0.1) is 0 Å². The molecule has 12 heavy (non-hydrogen) atoms. The average Bonchev–Trinajstić information content (AvgIpc) is 1.91. The fraction of sp³-hybridized carbons (Fsp3) is 1.00. The number of rotatable bonds is 2. The minimum atomic E-state index is -0.859. The van der Waals surface area contributed by atoms with Crippen LogP contribution in [0.3, 0.4) is 0 Å². The molecular weight excluding hydrogens is 164 g/mol. The van der Waals surface area contributed by atoms with Crippen LogP contribution in [0.4, 0.5) is 0 Å². The molecule has 1 aliphatic rings. The fourth-order valence-electron chi connectivity index (χ4n) is 1.68. The lowest BCUT2D eigenvalue weighted by Gasteiger charge is -2.35. The SMILES string of the molecule is CN1CCN(C[Si](C)(C)C)CC1. The monoisotopic (exact) mass is 186 g/mol. The van der Waals surface area contributed by atoms with Gasteiger partial charge in [0.2, 0.25) is 0 Å². The van der Waals surface area contributed by atoms with Crippen molar-refractivity contribution < 1.29 is 0 Å². The zero-order chi connectivity index (χ0) is 9.19. The fourth-order valence-corrected chi connectivity index (χ4v) is 3.33. The third-order valence-electron chi connectivity index (χ3n) is 2.29. The highest BCUT2D eigenvalue weighted by atomic mass is 28.3. The van der Waals surface area contributed by atoms with Crippen molar-refractivity contribution in [2.75, 3.05) is 39.4 Å². The van der Waals surface area contributed by atoms with Gasteiger partial charge < -0.3 is 9.80 Å².